The van der Waals surface area contributed by atoms with Crippen LogP contribution < -0.4 is 21.8 Å². The molecule has 124 valence electrons. The molecule has 0 aliphatic rings. The van der Waals surface area contributed by atoms with Crippen molar-refractivity contribution in [3.63, 3.8) is 0 Å². The van der Waals surface area contributed by atoms with Gasteiger partial charge in [0.15, 0.2) is 0 Å². The lowest BCUT2D eigenvalue weighted by Crippen LogP contribution is -2.43. The highest BCUT2D eigenvalue weighted by Gasteiger charge is 2.17. The van der Waals surface area contributed by atoms with Gasteiger partial charge >= 0.3 is 5.69 Å². The van der Waals surface area contributed by atoms with Gasteiger partial charge in [-0.15, -0.1) is 0 Å². The van der Waals surface area contributed by atoms with E-state index in [1.54, 1.807) is 0 Å². The molecule has 0 amide bonds. The van der Waals surface area contributed by atoms with E-state index in [0.29, 0.717) is 9.24 Å². The summed E-state index contributed by atoms with van der Waals surface area (Å²) in [6.45, 7) is -2.20. The lowest BCUT2D eigenvalue weighted by atomic mass is 10.2. The van der Waals surface area contributed by atoms with Crippen molar-refractivity contribution in [3.05, 3.63) is 55.0 Å². The first-order valence-corrected chi connectivity index (χ1v) is 7.07. The highest BCUT2D eigenvalue weighted by Crippen LogP contribution is 2.29. The summed E-state index contributed by atoms with van der Waals surface area (Å²) >= 11 is 3.03. The summed E-state index contributed by atoms with van der Waals surface area (Å²) in [7, 11) is 0. The van der Waals surface area contributed by atoms with Crippen LogP contribution in [0.15, 0.2) is 32.3 Å². The third kappa shape index (κ3) is 3.26. The number of nitrogens with two attached hydrogens (primary N) is 1. The maximum Gasteiger partial charge on any atom is 0.354 e. The van der Waals surface area contributed by atoms with Gasteiger partial charge in [-0.25, -0.2) is 27.2 Å². The zero-order valence-corrected chi connectivity index (χ0v) is 13.1. The monoisotopic (exact) mass is 393 g/mol. The number of nitrogens with zero attached hydrogens (tertiary/aromatic N) is 2. The van der Waals surface area contributed by atoms with Crippen molar-refractivity contribution in [3.8, 4) is 11.4 Å². The number of benzene rings is 1. The molecule has 2 N–H and O–H groups in total. The molecule has 0 radical (unpaired) electrons. The standard InChI is InChI=1S/C13H11BrF3N3O3/c14-8-4-9(17)10(5-11(8)23-2-1-15)19-12(21)3-7(6-16)20(18)13(19)22/h3-5H,1-2,6,18H2. The van der Waals surface area contributed by atoms with E-state index in [1.165, 1.54) is 0 Å². The van der Waals surface area contributed by atoms with E-state index < -0.39 is 36.1 Å². The Bertz CT molecular complexity index is 851. The van der Waals surface area contributed by atoms with Crippen LogP contribution in [0.4, 0.5) is 13.2 Å². The van der Waals surface area contributed by atoms with Gasteiger partial charge in [-0.1, -0.05) is 0 Å². The summed E-state index contributed by atoms with van der Waals surface area (Å²) in [5, 5.41) is 0. The van der Waals surface area contributed by atoms with Crippen molar-refractivity contribution in [1.82, 2.24) is 9.24 Å². The topological polar surface area (TPSA) is 79.2 Å². The quantitative estimate of drug-likeness (QED) is 0.779. The predicted octanol–water partition coefficient (Wildman–Crippen LogP) is 1.43. The van der Waals surface area contributed by atoms with Gasteiger partial charge < -0.3 is 10.6 Å². The number of ether oxygens (including phenoxy) is 1. The molecule has 0 saturated heterocycles. The van der Waals surface area contributed by atoms with Gasteiger partial charge in [0.05, 0.1) is 15.9 Å². The average Bonchev–Trinajstić information content (AvgIpc) is 2.51. The van der Waals surface area contributed by atoms with E-state index in [2.05, 4.69) is 15.9 Å². The van der Waals surface area contributed by atoms with E-state index in [9.17, 15) is 22.8 Å². The Labute approximate surface area is 136 Å². The van der Waals surface area contributed by atoms with Crippen LogP contribution in [0.25, 0.3) is 5.69 Å². The minimum Gasteiger partial charge on any atom is -0.490 e. The normalized spacial score (nSPS) is 10.8. The van der Waals surface area contributed by atoms with Crippen LogP contribution in [0.1, 0.15) is 5.69 Å². The summed E-state index contributed by atoms with van der Waals surface area (Å²) in [4.78, 5) is 24.1. The third-order valence-corrected chi connectivity index (χ3v) is 3.55. The lowest BCUT2D eigenvalue weighted by molar-refractivity contribution is 0.271. The highest BCUT2D eigenvalue weighted by molar-refractivity contribution is 9.10. The van der Waals surface area contributed by atoms with E-state index >= 15 is 0 Å². The number of aromatic nitrogens is 2. The van der Waals surface area contributed by atoms with E-state index in [1.807, 2.05) is 0 Å². The Hall–Kier alpha value is -2.23. The summed E-state index contributed by atoms with van der Waals surface area (Å²) in [5.74, 6) is 4.50. The van der Waals surface area contributed by atoms with Crippen LogP contribution in [0.3, 0.4) is 0 Å². The largest absolute Gasteiger partial charge is 0.490 e. The summed E-state index contributed by atoms with van der Waals surface area (Å²) in [5.41, 5.74) is -2.87. The molecule has 23 heavy (non-hydrogen) atoms. The first kappa shape index (κ1) is 17.1. The molecule has 0 spiro atoms. The van der Waals surface area contributed by atoms with E-state index in [4.69, 9.17) is 10.6 Å². The van der Waals surface area contributed by atoms with Crippen LogP contribution in [-0.4, -0.2) is 22.5 Å². The summed E-state index contributed by atoms with van der Waals surface area (Å²) < 4.78 is 45.1. The maximum atomic E-state index is 14.1. The van der Waals surface area contributed by atoms with Crippen molar-refractivity contribution in [2.45, 2.75) is 6.67 Å². The second-order valence-corrected chi connectivity index (χ2v) is 5.22. The zero-order chi connectivity index (χ0) is 17.1. The van der Waals surface area contributed by atoms with E-state index in [-0.39, 0.29) is 22.5 Å². The van der Waals surface area contributed by atoms with Crippen molar-refractivity contribution in [1.29, 1.82) is 0 Å². The number of rotatable bonds is 5. The zero-order valence-electron chi connectivity index (χ0n) is 11.6. The molecule has 0 fully saturated rings. The Morgan fingerprint density at radius 3 is 2.52 bits per heavy atom. The molecule has 1 aromatic carbocycles. The number of hydrogen-bond acceptors (Lipinski definition) is 4. The van der Waals surface area contributed by atoms with Gasteiger partial charge in [-0.3, -0.25) is 4.79 Å². The summed E-state index contributed by atoms with van der Waals surface area (Å²) in [6, 6.07) is 2.79. The van der Waals surface area contributed by atoms with Crippen LogP contribution in [0.5, 0.6) is 5.75 Å². The molecular formula is C13H11BrF3N3O3. The SMILES string of the molecule is Nn1c(CF)cc(=O)n(-c2cc(OCCF)c(Br)cc2F)c1=O. The third-order valence-electron chi connectivity index (χ3n) is 2.93. The molecule has 0 unspecified atom stereocenters. The van der Waals surface area contributed by atoms with Gasteiger partial charge in [0.1, 0.15) is 31.5 Å². The predicted molar refractivity (Wildman–Crippen MR) is 80.4 cm³/mol. The highest BCUT2D eigenvalue weighted by atomic mass is 79.9. The van der Waals surface area contributed by atoms with Gasteiger partial charge in [0, 0.05) is 12.1 Å². The molecule has 0 saturated carbocycles. The van der Waals surface area contributed by atoms with Gasteiger partial charge in [0.2, 0.25) is 0 Å². The Morgan fingerprint density at radius 2 is 1.91 bits per heavy atom. The summed E-state index contributed by atoms with van der Waals surface area (Å²) in [6.07, 6.45) is 0. The van der Waals surface area contributed by atoms with Crippen molar-refractivity contribution >= 4 is 15.9 Å². The molecule has 2 rings (SSSR count). The maximum absolute atomic E-state index is 14.1. The molecule has 0 atom stereocenters. The molecule has 1 heterocycles. The number of nitrogen functional groups attached to an aromatic ring is 1. The van der Waals surface area contributed by atoms with Gasteiger partial charge in [-0.2, -0.15) is 0 Å². The Morgan fingerprint density at radius 1 is 1.22 bits per heavy atom. The molecule has 0 aliphatic carbocycles. The fourth-order valence-corrected chi connectivity index (χ4v) is 2.30. The van der Waals surface area contributed by atoms with Crippen molar-refractivity contribution < 1.29 is 17.9 Å². The van der Waals surface area contributed by atoms with Gasteiger partial charge in [0.25, 0.3) is 5.56 Å². The minimum atomic E-state index is -1.13. The minimum absolute atomic E-state index is 0.0310. The van der Waals surface area contributed by atoms with Crippen LogP contribution in [0.2, 0.25) is 0 Å². The fraction of sp³-hybridized carbons (Fsp3) is 0.231. The average molecular weight is 394 g/mol. The molecule has 10 heteroatoms. The first-order chi connectivity index (χ1) is 10.9. The van der Waals surface area contributed by atoms with Crippen LogP contribution in [-0.2, 0) is 6.67 Å². The van der Waals surface area contributed by atoms with Gasteiger partial charge in [-0.05, 0) is 22.0 Å². The first-order valence-electron chi connectivity index (χ1n) is 6.28. The van der Waals surface area contributed by atoms with Crippen LogP contribution in [0, 0.1) is 5.82 Å². The molecule has 6 nitrogen and oxygen atoms in total. The molecule has 1 aromatic heterocycles. The smallest absolute Gasteiger partial charge is 0.354 e. The Balaban J connectivity index is 2.70. The molecular weight excluding hydrogens is 383 g/mol. The molecule has 0 bridgehead atoms. The second kappa shape index (κ2) is 6.90. The van der Waals surface area contributed by atoms with E-state index in [0.717, 1.165) is 18.2 Å². The molecule has 2 aromatic rings. The van der Waals surface area contributed by atoms with Crippen LogP contribution >= 0.6 is 15.9 Å². The lowest BCUT2D eigenvalue weighted by Gasteiger charge is -2.13. The second-order valence-electron chi connectivity index (χ2n) is 4.37. The number of hydrogen-bond donors (Lipinski definition) is 1. The fourth-order valence-electron chi connectivity index (χ4n) is 1.88. The number of halogens is 4. The van der Waals surface area contributed by atoms with Crippen molar-refractivity contribution in [2.75, 3.05) is 19.1 Å². The number of alkyl halides is 2. The Kier molecular flexibility index (Phi) is 5.14. The van der Waals surface area contributed by atoms with Crippen molar-refractivity contribution in [2.24, 2.45) is 0 Å². The molecule has 0 aliphatic heterocycles.